The monoisotopic (exact) mass is 286 g/mol. The number of hydrogen-bond donors (Lipinski definition) is 0. The summed E-state index contributed by atoms with van der Waals surface area (Å²) in [4.78, 5) is 26.1. The fourth-order valence-electron chi connectivity index (χ4n) is 2.57. The number of nitro groups is 1. The first-order valence-electron chi connectivity index (χ1n) is 6.81. The van der Waals surface area contributed by atoms with Crippen LogP contribution in [0.5, 0.6) is 0 Å². The number of hydrogen-bond acceptors (Lipinski definition) is 5. The van der Waals surface area contributed by atoms with E-state index in [9.17, 15) is 14.9 Å². The van der Waals surface area contributed by atoms with Gasteiger partial charge in [0.05, 0.1) is 11.0 Å². The van der Waals surface area contributed by atoms with Crippen LogP contribution in [-0.2, 0) is 4.79 Å². The van der Waals surface area contributed by atoms with Gasteiger partial charge < -0.3 is 0 Å². The highest BCUT2D eigenvalue weighted by molar-refractivity contribution is 5.79. The van der Waals surface area contributed by atoms with Crippen LogP contribution < -0.4 is 0 Å². The van der Waals surface area contributed by atoms with Crippen LogP contribution in [0, 0.1) is 10.1 Å². The van der Waals surface area contributed by atoms with E-state index in [1.165, 1.54) is 12.1 Å². The maximum atomic E-state index is 11.5. The largest absolute Gasteiger partial charge is 0.300 e. The van der Waals surface area contributed by atoms with Gasteiger partial charge in [-0.05, 0) is 12.8 Å². The maximum absolute atomic E-state index is 11.5. The summed E-state index contributed by atoms with van der Waals surface area (Å²) in [5, 5.41) is 15.2. The van der Waals surface area contributed by atoms with Crippen molar-refractivity contribution in [2.75, 3.05) is 0 Å². The number of ketones is 1. The first kappa shape index (κ1) is 13.4. The molecule has 1 unspecified atom stereocenters. The molecule has 0 bridgehead atoms. The second-order valence-corrected chi connectivity index (χ2v) is 5.14. The Morgan fingerprint density at radius 2 is 2.24 bits per heavy atom. The lowest BCUT2D eigenvalue weighted by molar-refractivity contribution is -0.384. The average Bonchev–Trinajstić information content (AvgIpc) is 2.97. The van der Waals surface area contributed by atoms with E-state index in [1.54, 1.807) is 23.1 Å². The van der Waals surface area contributed by atoms with E-state index in [0.29, 0.717) is 24.2 Å². The molecule has 0 radical (unpaired) electrons. The van der Waals surface area contributed by atoms with Gasteiger partial charge in [0.1, 0.15) is 12.1 Å². The predicted molar refractivity (Wildman–Crippen MR) is 74.6 cm³/mol. The highest BCUT2D eigenvalue weighted by Crippen LogP contribution is 2.27. The van der Waals surface area contributed by atoms with Gasteiger partial charge in [-0.15, -0.1) is 0 Å². The Morgan fingerprint density at radius 1 is 1.38 bits per heavy atom. The van der Waals surface area contributed by atoms with E-state index in [4.69, 9.17) is 0 Å². The predicted octanol–water partition coefficient (Wildman–Crippen LogP) is 2.54. The van der Waals surface area contributed by atoms with Crippen LogP contribution >= 0.6 is 0 Å². The van der Waals surface area contributed by atoms with Gasteiger partial charge >= 0.3 is 0 Å². The van der Waals surface area contributed by atoms with Crippen LogP contribution in [-0.4, -0.2) is 25.5 Å². The second kappa shape index (κ2) is 5.43. The minimum atomic E-state index is -0.444. The molecule has 7 heteroatoms. The van der Waals surface area contributed by atoms with Gasteiger partial charge in [0.15, 0.2) is 5.82 Å². The SMILES string of the molecule is O=C1CCCC(n2cnc(-c3cccc([N+](=O)[O-])c3)n2)C1. The lowest BCUT2D eigenvalue weighted by Gasteiger charge is -2.20. The van der Waals surface area contributed by atoms with Gasteiger partial charge in [-0.1, -0.05) is 12.1 Å². The van der Waals surface area contributed by atoms with Crippen LogP contribution in [0.4, 0.5) is 5.69 Å². The molecule has 0 amide bonds. The van der Waals surface area contributed by atoms with Crippen LogP contribution in [0.15, 0.2) is 30.6 Å². The Hall–Kier alpha value is -2.57. The smallest absolute Gasteiger partial charge is 0.270 e. The molecular weight excluding hydrogens is 272 g/mol. The summed E-state index contributed by atoms with van der Waals surface area (Å²) in [5.41, 5.74) is 0.613. The third kappa shape index (κ3) is 2.81. The Labute approximate surface area is 120 Å². The zero-order valence-electron chi connectivity index (χ0n) is 11.3. The molecule has 0 N–H and O–H groups in total. The number of benzene rings is 1. The van der Waals surface area contributed by atoms with Crippen LogP contribution in [0.1, 0.15) is 31.7 Å². The van der Waals surface area contributed by atoms with Gasteiger partial charge in [-0.2, -0.15) is 5.10 Å². The van der Waals surface area contributed by atoms with Crippen LogP contribution in [0.2, 0.25) is 0 Å². The molecule has 0 saturated heterocycles. The molecule has 3 rings (SSSR count). The summed E-state index contributed by atoms with van der Waals surface area (Å²) in [7, 11) is 0. The Balaban J connectivity index is 1.86. The average molecular weight is 286 g/mol. The minimum absolute atomic E-state index is 0.0108. The first-order valence-corrected chi connectivity index (χ1v) is 6.81. The van der Waals surface area contributed by atoms with Gasteiger partial charge in [-0.25, -0.2) is 9.67 Å². The number of aromatic nitrogens is 3. The molecule has 1 atom stereocenters. The minimum Gasteiger partial charge on any atom is -0.300 e. The summed E-state index contributed by atoms with van der Waals surface area (Å²) >= 11 is 0. The quantitative estimate of drug-likeness (QED) is 0.638. The van der Waals surface area contributed by atoms with E-state index < -0.39 is 4.92 Å². The van der Waals surface area contributed by atoms with Crippen molar-refractivity contribution in [2.45, 2.75) is 31.7 Å². The fourth-order valence-corrected chi connectivity index (χ4v) is 2.57. The van der Waals surface area contributed by atoms with E-state index in [0.717, 1.165) is 12.8 Å². The summed E-state index contributed by atoms with van der Waals surface area (Å²) in [6.07, 6.45) is 4.50. The number of non-ortho nitro benzene ring substituents is 1. The molecular formula is C14H14N4O3. The van der Waals surface area contributed by atoms with Crippen molar-refractivity contribution >= 4 is 11.5 Å². The molecule has 2 aromatic rings. The van der Waals surface area contributed by atoms with Crippen molar-refractivity contribution in [3.63, 3.8) is 0 Å². The molecule has 1 aliphatic carbocycles. The van der Waals surface area contributed by atoms with Crippen molar-refractivity contribution in [3.05, 3.63) is 40.7 Å². The lowest BCUT2D eigenvalue weighted by Crippen LogP contribution is -2.19. The standard InChI is InChI=1S/C14H14N4O3/c19-13-6-2-4-11(8-13)17-9-15-14(16-17)10-3-1-5-12(7-10)18(20)21/h1,3,5,7,9,11H,2,4,6,8H2. The Morgan fingerprint density at radius 3 is 3.00 bits per heavy atom. The van der Waals surface area contributed by atoms with E-state index in [-0.39, 0.29) is 17.5 Å². The Bertz CT molecular complexity index is 695. The van der Waals surface area contributed by atoms with E-state index >= 15 is 0 Å². The summed E-state index contributed by atoms with van der Waals surface area (Å²) in [6.45, 7) is 0. The highest BCUT2D eigenvalue weighted by atomic mass is 16.6. The maximum Gasteiger partial charge on any atom is 0.270 e. The van der Waals surface area contributed by atoms with Gasteiger partial charge in [0.2, 0.25) is 0 Å². The molecule has 108 valence electrons. The number of carbonyl (C=O) groups is 1. The molecule has 21 heavy (non-hydrogen) atoms. The molecule has 1 aromatic heterocycles. The van der Waals surface area contributed by atoms with Crippen LogP contribution in [0.3, 0.4) is 0 Å². The van der Waals surface area contributed by atoms with Crippen molar-refractivity contribution in [1.82, 2.24) is 14.8 Å². The number of nitrogens with zero attached hydrogens (tertiary/aromatic N) is 4. The highest BCUT2D eigenvalue weighted by Gasteiger charge is 2.22. The Kier molecular flexibility index (Phi) is 3.47. The number of carbonyl (C=O) groups excluding carboxylic acids is 1. The topological polar surface area (TPSA) is 90.9 Å². The van der Waals surface area contributed by atoms with Crippen molar-refractivity contribution in [1.29, 1.82) is 0 Å². The summed E-state index contributed by atoms with van der Waals surface area (Å²) in [6, 6.07) is 6.27. The third-order valence-electron chi connectivity index (χ3n) is 3.65. The molecule has 1 saturated carbocycles. The van der Waals surface area contributed by atoms with Gasteiger partial charge in [0, 0.05) is 30.5 Å². The third-order valence-corrected chi connectivity index (χ3v) is 3.65. The summed E-state index contributed by atoms with van der Waals surface area (Å²) < 4.78 is 1.70. The lowest BCUT2D eigenvalue weighted by atomic mass is 9.95. The van der Waals surface area contributed by atoms with Crippen LogP contribution in [0.25, 0.3) is 11.4 Å². The molecule has 1 aromatic carbocycles. The van der Waals surface area contributed by atoms with E-state index in [1.807, 2.05) is 0 Å². The normalized spacial score (nSPS) is 18.7. The second-order valence-electron chi connectivity index (χ2n) is 5.14. The van der Waals surface area contributed by atoms with Crippen molar-refractivity contribution < 1.29 is 9.72 Å². The molecule has 0 spiro atoms. The fraction of sp³-hybridized carbons (Fsp3) is 0.357. The van der Waals surface area contributed by atoms with Gasteiger partial charge in [0.25, 0.3) is 5.69 Å². The van der Waals surface area contributed by atoms with Gasteiger partial charge in [-0.3, -0.25) is 14.9 Å². The zero-order valence-corrected chi connectivity index (χ0v) is 11.3. The molecule has 1 heterocycles. The number of Topliss-reactive ketones (excluding diaryl/α,β-unsaturated/α-hetero) is 1. The first-order chi connectivity index (χ1) is 10.1. The summed E-state index contributed by atoms with van der Waals surface area (Å²) in [5.74, 6) is 0.690. The molecule has 1 aliphatic rings. The number of rotatable bonds is 3. The molecule has 7 nitrogen and oxygen atoms in total. The molecule has 0 aliphatic heterocycles. The number of nitro benzene ring substituents is 1. The van der Waals surface area contributed by atoms with E-state index in [2.05, 4.69) is 10.1 Å². The van der Waals surface area contributed by atoms with Crippen molar-refractivity contribution in [2.24, 2.45) is 0 Å². The van der Waals surface area contributed by atoms with Crippen molar-refractivity contribution in [3.8, 4) is 11.4 Å². The zero-order chi connectivity index (χ0) is 14.8. The molecule has 1 fully saturated rings.